The van der Waals surface area contributed by atoms with Crippen LogP contribution in [0.25, 0.3) is 0 Å². The molecule has 1 fully saturated rings. The molecule has 0 aromatic heterocycles. The molecule has 1 rings (SSSR count). The maximum Gasteiger partial charge on any atom is 0.407 e. The summed E-state index contributed by atoms with van der Waals surface area (Å²) in [7, 11) is 1.21. The van der Waals surface area contributed by atoms with Crippen LogP contribution in [0.2, 0.25) is 0 Å². The highest BCUT2D eigenvalue weighted by molar-refractivity contribution is 5.80. The van der Waals surface area contributed by atoms with Crippen molar-refractivity contribution in [1.82, 2.24) is 5.32 Å². The molecule has 1 aliphatic rings. The highest BCUT2D eigenvalue weighted by Gasteiger charge is 2.35. The molecular formula is C11H19NO5. The summed E-state index contributed by atoms with van der Waals surface area (Å²) < 4.78 is 9.97. The van der Waals surface area contributed by atoms with Crippen molar-refractivity contribution in [3.8, 4) is 0 Å². The predicted molar refractivity (Wildman–Crippen MR) is 59.7 cm³/mol. The first-order chi connectivity index (χ1) is 7.93. The van der Waals surface area contributed by atoms with Crippen LogP contribution in [0.4, 0.5) is 4.79 Å². The Morgan fingerprint density at radius 1 is 1.35 bits per heavy atom. The van der Waals surface area contributed by atoms with E-state index < -0.39 is 18.1 Å². The molecule has 17 heavy (non-hydrogen) atoms. The Balaban J connectivity index is 2.69. The lowest BCUT2D eigenvalue weighted by Crippen LogP contribution is -2.49. The molecule has 1 unspecified atom stereocenters. The molecule has 0 aliphatic carbocycles. The van der Waals surface area contributed by atoms with Gasteiger partial charge in [0.05, 0.1) is 19.3 Å². The monoisotopic (exact) mass is 245 g/mol. The summed E-state index contributed by atoms with van der Waals surface area (Å²) in [5.41, 5.74) is 0. The largest absolute Gasteiger partial charge is 0.480 e. The number of hydrogen-bond donors (Lipinski definition) is 2. The van der Waals surface area contributed by atoms with Gasteiger partial charge in [-0.3, -0.25) is 0 Å². The van der Waals surface area contributed by atoms with Crippen molar-refractivity contribution in [1.29, 1.82) is 0 Å². The van der Waals surface area contributed by atoms with E-state index in [2.05, 4.69) is 10.1 Å². The fourth-order valence-corrected chi connectivity index (χ4v) is 2.30. The van der Waals surface area contributed by atoms with Gasteiger partial charge in [-0.1, -0.05) is 0 Å². The van der Waals surface area contributed by atoms with Crippen molar-refractivity contribution in [3.05, 3.63) is 0 Å². The van der Waals surface area contributed by atoms with Gasteiger partial charge in [0.1, 0.15) is 6.04 Å². The molecule has 0 radical (unpaired) electrons. The van der Waals surface area contributed by atoms with E-state index in [0.29, 0.717) is 12.8 Å². The lowest BCUT2D eigenvalue weighted by Gasteiger charge is -2.35. The second kappa shape index (κ2) is 5.86. The fraction of sp³-hybridized carbons (Fsp3) is 0.818. The summed E-state index contributed by atoms with van der Waals surface area (Å²) in [5.74, 6) is -1.17. The molecule has 98 valence electrons. The number of carbonyl (C=O) groups excluding carboxylic acids is 1. The second-order valence-corrected chi connectivity index (χ2v) is 4.44. The molecule has 2 N–H and O–H groups in total. The van der Waals surface area contributed by atoms with E-state index in [9.17, 15) is 9.59 Å². The summed E-state index contributed by atoms with van der Waals surface area (Å²) >= 11 is 0. The lowest BCUT2D eigenvalue weighted by atomic mass is 9.86. The number of carboxylic acids is 1. The van der Waals surface area contributed by atoms with Gasteiger partial charge in [-0.15, -0.1) is 0 Å². The van der Waals surface area contributed by atoms with E-state index in [1.54, 1.807) is 0 Å². The molecule has 1 saturated heterocycles. The quantitative estimate of drug-likeness (QED) is 0.774. The lowest BCUT2D eigenvalue weighted by molar-refractivity contribution is -0.143. The zero-order valence-electron chi connectivity index (χ0n) is 10.3. The molecule has 1 heterocycles. The van der Waals surface area contributed by atoms with Crippen molar-refractivity contribution in [2.75, 3.05) is 7.11 Å². The van der Waals surface area contributed by atoms with Gasteiger partial charge in [0.2, 0.25) is 0 Å². The SMILES string of the molecule is COC(=O)NC(C(=O)O)C1C[C@H](C)O[C@@H](C)C1. The van der Waals surface area contributed by atoms with E-state index in [1.807, 2.05) is 13.8 Å². The highest BCUT2D eigenvalue weighted by atomic mass is 16.5. The van der Waals surface area contributed by atoms with Crippen molar-refractivity contribution in [2.24, 2.45) is 5.92 Å². The Morgan fingerprint density at radius 2 is 1.88 bits per heavy atom. The topological polar surface area (TPSA) is 84.9 Å². The minimum atomic E-state index is -1.04. The number of carboxylic acid groups (broad SMARTS) is 1. The van der Waals surface area contributed by atoms with Crippen LogP contribution in [0, 0.1) is 5.92 Å². The minimum Gasteiger partial charge on any atom is -0.480 e. The number of hydrogen-bond acceptors (Lipinski definition) is 4. The number of rotatable bonds is 3. The first kappa shape index (κ1) is 13.8. The third kappa shape index (κ3) is 3.89. The fourth-order valence-electron chi connectivity index (χ4n) is 2.30. The van der Waals surface area contributed by atoms with Gasteiger partial charge in [-0.2, -0.15) is 0 Å². The summed E-state index contributed by atoms with van der Waals surface area (Å²) in [6.45, 7) is 3.80. The van der Waals surface area contributed by atoms with E-state index in [0.717, 1.165) is 0 Å². The zero-order valence-corrected chi connectivity index (χ0v) is 10.3. The summed E-state index contributed by atoms with van der Waals surface area (Å²) in [6, 6.07) is -0.920. The molecule has 1 amide bonds. The first-order valence-electron chi connectivity index (χ1n) is 5.66. The Bertz CT molecular complexity index is 284. The van der Waals surface area contributed by atoms with Crippen LogP contribution in [0.1, 0.15) is 26.7 Å². The minimum absolute atomic E-state index is 0.00467. The van der Waals surface area contributed by atoms with Gasteiger partial charge >= 0.3 is 12.1 Å². The Labute approximate surface area is 100 Å². The van der Waals surface area contributed by atoms with Crippen molar-refractivity contribution >= 4 is 12.1 Å². The average molecular weight is 245 g/mol. The molecule has 0 spiro atoms. The van der Waals surface area contributed by atoms with Crippen LogP contribution in [-0.2, 0) is 14.3 Å². The van der Waals surface area contributed by atoms with E-state index in [4.69, 9.17) is 9.84 Å². The van der Waals surface area contributed by atoms with Crippen molar-refractivity contribution in [2.45, 2.75) is 44.9 Å². The standard InChI is InChI=1S/C11H19NO5/c1-6-4-8(5-7(2)17-6)9(10(13)14)12-11(15)16-3/h6-9H,4-5H2,1-3H3,(H,12,15)(H,13,14)/t6-,7-,9?/m0/s1. The average Bonchev–Trinajstić information content (AvgIpc) is 2.23. The van der Waals surface area contributed by atoms with Crippen LogP contribution in [-0.4, -0.2) is 42.5 Å². The molecule has 0 bridgehead atoms. The molecular weight excluding hydrogens is 226 g/mol. The number of methoxy groups -OCH3 is 1. The number of alkyl carbamates (subject to hydrolysis) is 1. The number of amides is 1. The smallest absolute Gasteiger partial charge is 0.407 e. The third-order valence-corrected chi connectivity index (χ3v) is 2.93. The Hall–Kier alpha value is -1.30. The molecule has 3 atom stereocenters. The summed E-state index contributed by atoms with van der Waals surface area (Å²) in [4.78, 5) is 22.3. The van der Waals surface area contributed by atoms with Crippen LogP contribution in [0.15, 0.2) is 0 Å². The highest BCUT2D eigenvalue weighted by Crippen LogP contribution is 2.27. The third-order valence-electron chi connectivity index (χ3n) is 2.93. The predicted octanol–water partition coefficient (Wildman–Crippen LogP) is 0.999. The maximum atomic E-state index is 11.2. The number of aliphatic carboxylic acids is 1. The number of ether oxygens (including phenoxy) is 2. The zero-order chi connectivity index (χ0) is 13.0. The molecule has 0 aromatic carbocycles. The summed E-state index contributed by atoms with van der Waals surface area (Å²) in [6.07, 6.45) is 0.524. The Morgan fingerprint density at radius 3 is 2.29 bits per heavy atom. The van der Waals surface area contributed by atoms with E-state index in [1.165, 1.54) is 7.11 Å². The second-order valence-electron chi connectivity index (χ2n) is 4.44. The normalized spacial score (nSPS) is 30.4. The van der Waals surface area contributed by atoms with Crippen molar-refractivity contribution < 1.29 is 24.2 Å². The Kier molecular flexibility index (Phi) is 4.74. The van der Waals surface area contributed by atoms with Crippen LogP contribution >= 0.6 is 0 Å². The van der Waals surface area contributed by atoms with Crippen LogP contribution in [0.3, 0.4) is 0 Å². The number of carbonyl (C=O) groups is 2. The van der Waals surface area contributed by atoms with Gasteiger partial charge in [0.25, 0.3) is 0 Å². The van der Waals surface area contributed by atoms with E-state index >= 15 is 0 Å². The molecule has 1 aliphatic heterocycles. The van der Waals surface area contributed by atoms with Gasteiger partial charge in [-0.05, 0) is 32.6 Å². The number of nitrogens with one attached hydrogen (secondary N) is 1. The van der Waals surface area contributed by atoms with Gasteiger partial charge < -0.3 is 19.9 Å². The molecule has 0 aromatic rings. The van der Waals surface area contributed by atoms with Gasteiger partial charge in [-0.25, -0.2) is 9.59 Å². The van der Waals surface area contributed by atoms with Gasteiger partial charge in [0, 0.05) is 0 Å². The van der Waals surface area contributed by atoms with Crippen LogP contribution < -0.4 is 5.32 Å². The van der Waals surface area contributed by atoms with Gasteiger partial charge in [0.15, 0.2) is 0 Å². The first-order valence-corrected chi connectivity index (χ1v) is 5.66. The van der Waals surface area contributed by atoms with E-state index in [-0.39, 0.29) is 18.1 Å². The molecule has 6 heteroatoms. The molecule has 6 nitrogen and oxygen atoms in total. The molecule has 0 saturated carbocycles. The van der Waals surface area contributed by atoms with Crippen molar-refractivity contribution in [3.63, 3.8) is 0 Å². The van der Waals surface area contributed by atoms with Crippen LogP contribution in [0.5, 0.6) is 0 Å². The summed E-state index contributed by atoms with van der Waals surface area (Å²) in [5, 5.41) is 11.5. The maximum absolute atomic E-state index is 11.2.